The zero-order valence-electron chi connectivity index (χ0n) is 9.70. The maximum atomic E-state index is 11.0. The fourth-order valence-electron chi connectivity index (χ4n) is 1.40. The summed E-state index contributed by atoms with van der Waals surface area (Å²) in [7, 11) is 1.53. The van der Waals surface area contributed by atoms with Gasteiger partial charge in [0.1, 0.15) is 18.1 Å². The van der Waals surface area contributed by atoms with Gasteiger partial charge in [-0.2, -0.15) is 5.10 Å². The van der Waals surface area contributed by atoms with Gasteiger partial charge in [-0.25, -0.2) is 14.6 Å². The van der Waals surface area contributed by atoms with Gasteiger partial charge in [-0.1, -0.05) is 0 Å². The van der Waals surface area contributed by atoms with Crippen molar-refractivity contribution in [1.82, 2.24) is 19.7 Å². The quantitative estimate of drug-likeness (QED) is 0.751. The van der Waals surface area contributed by atoms with E-state index < -0.39 is 5.91 Å². The molecule has 1 amide bonds. The summed E-state index contributed by atoms with van der Waals surface area (Å²) in [4.78, 5) is 19.1. The molecule has 94 valence electrons. The number of nitrogen functional groups attached to an aromatic ring is 1. The summed E-state index contributed by atoms with van der Waals surface area (Å²) in [6.45, 7) is 0.238. The minimum absolute atomic E-state index is 0.153. The first kappa shape index (κ1) is 12.0. The Morgan fingerprint density at radius 3 is 2.89 bits per heavy atom. The van der Waals surface area contributed by atoms with E-state index in [9.17, 15) is 4.79 Å². The summed E-state index contributed by atoms with van der Waals surface area (Å²) >= 11 is 0. The molecule has 0 saturated heterocycles. The third-order valence-corrected chi connectivity index (χ3v) is 2.13. The number of hydrogen-bond acceptors (Lipinski definition) is 6. The molecule has 8 heteroatoms. The zero-order valence-corrected chi connectivity index (χ0v) is 9.70. The summed E-state index contributed by atoms with van der Waals surface area (Å²) in [5.41, 5.74) is 10.9. The molecule has 0 bridgehead atoms. The Balaban J connectivity index is 2.39. The Hall–Kier alpha value is -2.48. The van der Waals surface area contributed by atoms with Crippen molar-refractivity contribution in [3.63, 3.8) is 0 Å². The number of amides is 1. The normalized spacial score (nSPS) is 10.5. The fraction of sp³-hybridized carbons (Fsp3) is 0.200. The van der Waals surface area contributed by atoms with E-state index in [4.69, 9.17) is 16.2 Å². The molecule has 0 fully saturated rings. The van der Waals surface area contributed by atoms with Crippen molar-refractivity contribution in [2.75, 3.05) is 12.8 Å². The van der Waals surface area contributed by atoms with Crippen molar-refractivity contribution in [2.45, 2.75) is 6.61 Å². The second-order valence-electron chi connectivity index (χ2n) is 3.51. The smallest absolute Gasteiger partial charge is 0.269 e. The van der Waals surface area contributed by atoms with Gasteiger partial charge < -0.3 is 16.2 Å². The van der Waals surface area contributed by atoms with Crippen molar-refractivity contribution < 1.29 is 9.53 Å². The highest BCUT2D eigenvalue weighted by atomic mass is 16.5. The average Bonchev–Trinajstić information content (AvgIpc) is 2.78. The molecule has 0 unspecified atom stereocenters. The summed E-state index contributed by atoms with van der Waals surface area (Å²) in [5.74, 6) is 0.571. The summed E-state index contributed by atoms with van der Waals surface area (Å²) < 4.78 is 6.33. The first-order chi connectivity index (χ1) is 8.60. The van der Waals surface area contributed by atoms with Crippen LogP contribution in [0.1, 0.15) is 16.3 Å². The monoisotopic (exact) mass is 248 g/mol. The number of primary amides is 1. The number of carbonyl (C=O) groups excluding carboxylic acids is 1. The highest BCUT2D eigenvalue weighted by Gasteiger charge is 2.09. The lowest BCUT2D eigenvalue weighted by Gasteiger charge is -2.04. The van der Waals surface area contributed by atoms with Crippen LogP contribution in [0.3, 0.4) is 0 Å². The van der Waals surface area contributed by atoms with Crippen LogP contribution in [-0.2, 0) is 11.3 Å². The van der Waals surface area contributed by atoms with E-state index in [2.05, 4.69) is 15.1 Å². The maximum Gasteiger partial charge on any atom is 0.269 e. The number of nitrogens with two attached hydrogens (primary N) is 2. The van der Waals surface area contributed by atoms with Crippen molar-refractivity contribution >= 4 is 11.7 Å². The fourth-order valence-corrected chi connectivity index (χ4v) is 1.40. The molecule has 0 aliphatic carbocycles. The summed E-state index contributed by atoms with van der Waals surface area (Å²) in [6, 6.07) is 3.04. The molecule has 0 saturated carbocycles. The topological polar surface area (TPSA) is 122 Å². The van der Waals surface area contributed by atoms with Crippen LogP contribution in [0.5, 0.6) is 0 Å². The van der Waals surface area contributed by atoms with Crippen LogP contribution in [0, 0.1) is 0 Å². The highest BCUT2D eigenvalue weighted by Crippen LogP contribution is 2.09. The molecule has 0 aliphatic rings. The molecular weight excluding hydrogens is 236 g/mol. The Morgan fingerprint density at radius 2 is 2.28 bits per heavy atom. The van der Waals surface area contributed by atoms with Gasteiger partial charge in [-0.15, -0.1) is 0 Å². The second kappa shape index (κ2) is 4.80. The van der Waals surface area contributed by atoms with Crippen molar-refractivity contribution in [2.24, 2.45) is 5.73 Å². The molecule has 2 aromatic heterocycles. The van der Waals surface area contributed by atoms with Gasteiger partial charge in [0.15, 0.2) is 11.6 Å². The minimum atomic E-state index is -0.604. The van der Waals surface area contributed by atoms with E-state index in [1.54, 1.807) is 6.20 Å². The molecule has 0 spiro atoms. The molecule has 2 rings (SSSR count). The Morgan fingerprint density at radius 1 is 1.50 bits per heavy atom. The molecule has 18 heavy (non-hydrogen) atoms. The molecule has 2 heterocycles. The number of nitrogens with zero attached hydrogens (tertiary/aromatic N) is 4. The lowest BCUT2D eigenvalue weighted by atomic mass is 10.4. The molecule has 0 aromatic carbocycles. The van der Waals surface area contributed by atoms with Crippen LogP contribution >= 0.6 is 0 Å². The van der Waals surface area contributed by atoms with Crippen LogP contribution < -0.4 is 11.5 Å². The lowest BCUT2D eigenvalue weighted by Crippen LogP contribution is -2.13. The molecule has 0 radical (unpaired) electrons. The van der Waals surface area contributed by atoms with Crippen molar-refractivity contribution in [3.8, 4) is 5.82 Å². The lowest BCUT2D eigenvalue weighted by molar-refractivity contribution is 0.0995. The number of aromatic nitrogens is 4. The third kappa shape index (κ3) is 2.43. The van der Waals surface area contributed by atoms with E-state index in [-0.39, 0.29) is 12.3 Å². The largest absolute Gasteiger partial charge is 0.384 e. The van der Waals surface area contributed by atoms with Gasteiger partial charge in [-0.05, 0) is 6.07 Å². The molecule has 2 aromatic rings. The second-order valence-corrected chi connectivity index (χ2v) is 3.51. The van der Waals surface area contributed by atoms with E-state index in [1.165, 1.54) is 23.9 Å². The number of ether oxygens (including phenoxy) is 1. The van der Waals surface area contributed by atoms with Gasteiger partial charge in [-0.3, -0.25) is 4.79 Å². The molecule has 0 aliphatic heterocycles. The van der Waals surface area contributed by atoms with Crippen LogP contribution in [0.4, 0.5) is 5.82 Å². The van der Waals surface area contributed by atoms with Crippen LogP contribution in [-0.4, -0.2) is 32.8 Å². The van der Waals surface area contributed by atoms with Crippen molar-refractivity contribution in [1.29, 1.82) is 0 Å². The predicted molar refractivity (Wildman–Crippen MR) is 62.8 cm³/mol. The number of carbonyl (C=O) groups is 1. The Kier molecular flexibility index (Phi) is 3.20. The standard InChI is InChI=1S/C10H12N6O2/c1-18-5-8-13-7(11)4-9(14-8)16-3-2-6(15-16)10(12)17/h2-4H,5H2,1H3,(H2,12,17)(H2,11,13,14). The van der Waals surface area contributed by atoms with Crippen LogP contribution in [0.15, 0.2) is 18.3 Å². The molecule has 8 nitrogen and oxygen atoms in total. The van der Waals surface area contributed by atoms with Gasteiger partial charge >= 0.3 is 0 Å². The number of hydrogen-bond donors (Lipinski definition) is 2. The number of rotatable bonds is 4. The van der Waals surface area contributed by atoms with Crippen LogP contribution in [0.25, 0.3) is 5.82 Å². The minimum Gasteiger partial charge on any atom is -0.384 e. The predicted octanol–water partition coefficient (Wildman–Crippen LogP) is -0.510. The number of methoxy groups -OCH3 is 1. The average molecular weight is 248 g/mol. The van der Waals surface area contributed by atoms with Gasteiger partial charge in [0.05, 0.1) is 0 Å². The third-order valence-electron chi connectivity index (χ3n) is 2.13. The van der Waals surface area contributed by atoms with E-state index >= 15 is 0 Å². The van der Waals surface area contributed by atoms with E-state index in [0.29, 0.717) is 17.5 Å². The SMILES string of the molecule is COCc1nc(N)cc(-n2ccc(C(N)=O)n2)n1. The Bertz CT molecular complexity index is 579. The molecule has 4 N–H and O–H groups in total. The van der Waals surface area contributed by atoms with Gasteiger partial charge in [0, 0.05) is 19.4 Å². The zero-order chi connectivity index (χ0) is 13.1. The first-order valence-electron chi connectivity index (χ1n) is 5.08. The maximum absolute atomic E-state index is 11.0. The van der Waals surface area contributed by atoms with Gasteiger partial charge in [0.2, 0.25) is 0 Å². The van der Waals surface area contributed by atoms with E-state index in [0.717, 1.165) is 0 Å². The van der Waals surface area contributed by atoms with Crippen molar-refractivity contribution in [3.05, 3.63) is 29.8 Å². The van der Waals surface area contributed by atoms with E-state index in [1.807, 2.05) is 0 Å². The summed E-state index contributed by atoms with van der Waals surface area (Å²) in [6.07, 6.45) is 1.57. The Labute approximate surface area is 103 Å². The molecular formula is C10H12N6O2. The van der Waals surface area contributed by atoms with Crippen LogP contribution in [0.2, 0.25) is 0 Å². The summed E-state index contributed by atoms with van der Waals surface area (Å²) in [5, 5.41) is 3.98. The van der Waals surface area contributed by atoms with Gasteiger partial charge in [0.25, 0.3) is 5.91 Å². The molecule has 0 atom stereocenters. The number of anilines is 1. The highest BCUT2D eigenvalue weighted by molar-refractivity contribution is 5.90. The first-order valence-corrected chi connectivity index (χ1v) is 5.08.